The molecule has 1 nitrogen and oxygen atoms in total. The van der Waals surface area contributed by atoms with E-state index in [1.165, 1.54) is 22.8 Å². The summed E-state index contributed by atoms with van der Waals surface area (Å²) in [4.78, 5) is 0. The molecule has 0 spiro atoms. The van der Waals surface area contributed by atoms with Crippen molar-refractivity contribution in [3.05, 3.63) is 48.0 Å². The van der Waals surface area contributed by atoms with Crippen LogP contribution in [0, 0.1) is 5.92 Å². The lowest BCUT2D eigenvalue weighted by atomic mass is 9.94. The zero-order valence-corrected chi connectivity index (χ0v) is 10.7. The molecule has 90 valence electrons. The summed E-state index contributed by atoms with van der Waals surface area (Å²) in [5, 5.41) is 2.58. The van der Waals surface area contributed by atoms with Crippen LogP contribution in [0.15, 0.2) is 42.5 Å². The molecule has 2 aromatic carbocycles. The van der Waals surface area contributed by atoms with Gasteiger partial charge in [-0.25, -0.2) is 0 Å². The minimum atomic E-state index is 0.156. The van der Waals surface area contributed by atoms with E-state index in [2.05, 4.69) is 56.3 Å². The highest BCUT2D eigenvalue weighted by Gasteiger charge is 2.09. The Balaban J connectivity index is 2.28. The summed E-state index contributed by atoms with van der Waals surface area (Å²) in [6, 6.07) is 15.0. The summed E-state index contributed by atoms with van der Waals surface area (Å²) in [5.74, 6) is 0.719. The Morgan fingerprint density at radius 2 is 1.65 bits per heavy atom. The van der Waals surface area contributed by atoms with E-state index in [-0.39, 0.29) is 6.04 Å². The maximum Gasteiger partial charge on any atom is 0.0301 e. The fourth-order valence-electron chi connectivity index (χ4n) is 2.24. The third-order valence-corrected chi connectivity index (χ3v) is 3.28. The molecule has 17 heavy (non-hydrogen) atoms. The van der Waals surface area contributed by atoms with Gasteiger partial charge in [-0.1, -0.05) is 56.3 Å². The number of benzene rings is 2. The third kappa shape index (κ3) is 2.86. The molecule has 0 unspecified atom stereocenters. The van der Waals surface area contributed by atoms with Gasteiger partial charge < -0.3 is 5.73 Å². The molecule has 0 heterocycles. The summed E-state index contributed by atoms with van der Waals surface area (Å²) in [6.07, 6.45) is 2.25. The van der Waals surface area contributed by atoms with Gasteiger partial charge in [0, 0.05) is 6.04 Å². The molecule has 0 amide bonds. The molecule has 0 aromatic heterocycles. The zero-order valence-electron chi connectivity index (χ0n) is 10.7. The first-order valence-electron chi connectivity index (χ1n) is 6.41. The number of hydrogen-bond acceptors (Lipinski definition) is 1. The van der Waals surface area contributed by atoms with Crippen LogP contribution in [0.5, 0.6) is 0 Å². The minimum absolute atomic E-state index is 0.156. The minimum Gasteiger partial charge on any atom is -0.324 e. The largest absolute Gasteiger partial charge is 0.324 e. The molecule has 0 saturated heterocycles. The van der Waals surface area contributed by atoms with Gasteiger partial charge in [0.2, 0.25) is 0 Å². The van der Waals surface area contributed by atoms with Crippen molar-refractivity contribution in [1.82, 2.24) is 0 Å². The van der Waals surface area contributed by atoms with Crippen molar-refractivity contribution < 1.29 is 0 Å². The summed E-state index contributed by atoms with van der Waals surface area (Å²) in [6.45, 7) is 4.49. The van der Waals surface area contributed by atoms with Crippen LogP contribution in [-0.2, 0) is 0 Å². The molecule has 1 atom stereocenters. The van der Waals surface area contributed by atoms with Crippen molar-refractivity contribution in [2.24, 2.45) is 11.7 Å². The molecular formula is C16H21N. The van der Waals surface area contributed by atoms with Gasteiger partial charge in [0.25, 0.3) is 0 Å². The van der Waals surface area contributed by atoms with E-state index in [1.807, 2.05) is 0 Å². The van der Waals surface area contributed by atoms with E-state index in [0.29, 0.717) is 0 Å². The first kappa shape index (κ1) is 12.1. The molecule has 0 bridgehead atoms. The van der Waals surface area contributed by atoms with Crippen molar-refractivity contribution in [3.8, 4) is 0 Å². The maximum atomic E-state index is 6.31. The van der Waals surface area contributed by atoms with Crippen molar-refractivity contribution in [2.75, 3.05) is 0 Å². The quantitative estimate of drug-likeness (QED) is 0.829. The summed E-state index contributed by atoms with van der Waals surface area (Å²) in [5.41, 5.74) is 7.59. The predicted molar refractivity (Wildman–Crippen MR) is 74.9 cm³/mol. The van der Waals surface area contributed by atoms with E-state index in [1.54, 1.807) is 0 Å². The van der Waals surface area contributed by atoms with Crippen LogP contribution < -0.4 is 5.73 Å². The number of fused-ring (bicyclic) bond motifs is 1. The average molecular weight is 227 g/mol. The second-order valence-electron chi connectivity index (χ2n) is 5.15. The van der Waals surface area contributed by atoms with Gasteiger partial charge in [0.1, 0.15) is 0 Å². The molecule has 0 aliphatic carbocycles. The highest BCUT2D eigenvalue weighted by atomic mass is 14.6. The van der Waals surface area contributed by atoms with Crippen LogP contribution in [0.3, 0.4) is 0 Å². The molecule has 0 saturated carbocycles. The molecule has 0 aliphatic heterocycles. The van der Waals surface area contributed by atoms with Crippen molar-refractivity contribution in [3.63, 3.8) is 0 Å². The van der Waals surface area contributed by atoms with Crippen molar-refractivity contribution in [1.29, 1.82) is 0 Å². The maximum absolute atomic E-state index is 6.31. The van der Waals surface area contributed by atoms with Gasteiger partial charge in [-0.3, -0.25) is 0 Å². The van der Waals surface area contributed by atoms with E-state index in [9.17, 15) is 0 Å². The van der Waals surface area contributed by atoms with E-state index in [4.69, 9.17) is 5.73 Å². The second-order valence-corrected chi connectivity index (χ2v) is 5.15. The van der Waals surface area contributed by atoms with Gasteiger partial charge >= 0.3 is 0 Å². The molecule has 0 radical (unpaired) electrons. The monoisotopic (exact) mass is 227 g/mol. The van der Waals surface area contributed by atoms with Crippen LogP contribution in [0.4, 0.5) is 0 Å². The third-order valence-electron chi connectivity index (χ3n) is 3.28. The van der Waals surface area contributed by atoms with Gasteiger partial charge in [0.05, 0.1) is 0 Å². The van der Waals surface area contributed by atoms with Crippen LogP contribution in [-0.4, -0.2) is 0 Å². The van der Waals surface area contributed by atoms with Gasteiger partial charge in [0.15, 0.2) is 0 Å². The van der Waals surface area contributed by atoms with E-state index >= 15 is 0 Å². The SMILES string of the molecule is CC(C)CC[C@H](N)c1cccc2ccccc12. The number of hydrogen-bond donors (Lipinski definition) is 1. The standard InChI is InChI=1S/C16H21N/c1-12(2)10-11-16(17)15-9-5-7-13-6-3-4-8-14(13)15/h3-9,12,16H,10-11,17H2,1-2H3/t16-/m0/s1. The fraction of sp³-hybridized carbons (Fsp3) is 0.375. The molecule has 0 aliphatic rings. The molecule has 0 fully saturated rings. The molecule has 2 N–H and O–H groups in total. The van der Waals surface area contributed by atoms with Crippen LogP contribution in [0.25, 0.3) is 10.8 Å². The lowest BCUT2D eigenvalue weighted by molar-refractivity contribution is 0.508. The normalized spacial score (nSPS) is 13.2. The summed E-state index contributed by atoms with van der Waals surface area (Å²) in [7, 11) is 0. The van der Waals surface area contributed by atoms with Gasteiger partial charge in [-0.2, -0.15) is 0 Å². The first-order chi connectivity index (χ1) is 8.18. The summed E-state index contributed by atoms with van der Waals surface area (Å²) < 4.78 is 0. The Morgan fingerprint density at radius 1 is 0.941 bits per heavy atom. The van der Waals surface area contributed by atoms with Crippen molar-refractivity contribution >= 4 is 10.8 Å². The lowest BCUT2D eigenvalue weighted by Gasteiger charge is -2.15. The first-order valence-corrected chi connectivity index (χ1v) is 6.41. The van der Waals surface area contributed by atoms with Gasteiger partial charge in [-0.05, 0) is 35.1 Å². The highest BCUT2D eigenvalue weighted by Crippen LogP contribution is 2.26. The van der Waals surface area contributed by atoms with Gasteiger partial charge in [-0.15, -0.1) is 0 Å². The van der Waals surface area contributed by atoms with E-state index in [0.717, 1.165) is 12.3 Å². The Bertz CT molecular complexity index is 482. The summed E-state index contributed by atoms with van der Waals surface area (Å²) >= 11 is 0. The van der Waals surface area contributed by atoms with Crippen LogP contribution in [0.2, 0.25) is 0 Å². The number of nitrogens with two attached hydrogens (primary N) is 1. The topological polar surface area (TPSA) is 26.0 Å². The van der Waals surface area contributed by atoms with Crippen LogP contribution in [0.1, 0.15) is 38.3 Å². The Labute approximate surface area is 104 Å². The smallest absolute Gasteiger partial charge is 0.0301 e. The average Bonchev–Trinajstić information content (AvgIpc) is 2.35. The molecular weight excluding hydrogens is 206 g/mol. The van der Waals surface area contributed by atoms with E-state index < -0.39 is 0 Å². The number of rotatable bonds is 4. The lowest BCUT2D eigenvalue weighted by Crippen LogP contribution is -2.11. The Kier molecular flexibility index (Phi) is 3.80. The van der Waals surface area contributed by atoms with Crippen LogP contribution >= 0.6 is 0 Å². The van der Waals surface area contributed by atoms with Crippen molar-refractivity contribution in [2.45, 2.75) is 32.7 Å². The zero-order chi connectivity index (χ0) is 12.3. The molecule has 2 aromatic rings. The fourth-order valence-corrected chi connectivity index (χ4v) is 2.24. The molecule has 2 rings (SSSR count). The second kappa shape index (κ2) is 5.33. The highest BCUT2D eigenvalue weighted by molar-refractivity contribution is 5.86. The Hall–Kier alpha value is -1.34. The Morgan fingerprint density at radius 3 is 2.41 bits per heavy atom. The molecule has 1 heteroatoms. The predicted octanol–water partition coefficient (Wildman–Crippen LogP) is 4.28.